The molecule has 0 amide bonds. The second-order valence-corrected chi connectivity index (χ2v) is 4.98. The van der Waals surface area contributed by atoms with Crippen molar-refractivity contribution in [2.75, 3.05) is 5.75 Å². The first-order valence-corrected chi connectivity index (χ1v) is 6.35. The molecule has 0 spiro atoms. The lowest BCUT2D eigenvalue weighted by Crippen LogP contribution is -2.19. The molecule has 2 unspecified atom stereocenters. The lowest BCUT2D eigenvalue weighted by atomic mass is 10.0. The molecular weight excluding hydrogens is 291 g/mol. The van der Waals surface area contributed by atoms with Crippen molar-refractivity contribution in [3.63, 3.8) is 0 Å². The zero-order chi connectivity index (χ0) is 12.3. The van der Waals surface area contributed by atoms with Gasteiger partial charge in [0.25, 0.3) is 0 Å². The van der Waals surface area contributed by atoms with Crippen LogP contribution in [0.15, 0.2) is 12.1 Å². The van der Waals surface area contributed by atoms with Crippen LogP contribution in [0, 0.1) is 0 Å². The van der Waals surface area contributed by atoms with Crippen LogP contribution in [0.4, 0.5) is 0 Å². The molecule has 16 heavy (non-hydrogen) atoms. The normalized spacial score (nSPS) is 14.9. The topological polar surface area (TPSA) is 40.5 Å². The van der Waals surface area contributed by atoms with Crippen LogP contribution >= 0.6 is 47.4 Å². The zero-order valence-electron chi connectivity index (χ0n) is 8.20. The third kappa shape index (κ3) is 3.42. The van der Waals surface area contributed by atoms with E-state index in [0.29, 0.717) is 22.8 Å². The van der Waals surface area contributed by atoms with E-state index in [1.165, 1.54) is 12.1 Å². The summed E-state index contributed by atoms with van der Waals surface area (Å²) in [7, 11) is 0. The summed E-state index contributed by atoms with van der Waals surface area (Å²) in [6.07, 6.45) is -1.65. The van der Waals surface area contributed by atoms with E-state index in [9.17, 15) is 10.2 Å². The van der Waals surface area contributed by atoms with Gasteiger partial charge in [0.15, 0.2) is 0 Å². The van der Waals surface area contributed by atoms with Crippen molar-refractivity contribution in [2.24, 2.45) is 0 Å². The maximum absolute atomic E-state index is 9.85. The number of aliphatic hydroxyl groups excluding tert-OH is 2. The van der Waals surface area contributed by atoms with Crippen LogP contribution in [0.3, 0.4) is 0 Å². The van der Waals surface area contributed by atoms with Gasteiger partial charge in [0.2, 0.25) is 0 Å². The molecule has 0 heterocycles. The zero-order valence-corrected chi connectivity index (χ0v) is 11.4. The predicted octanol–water partition coefficient (Wildman–Crippen LogP) is 3.36. The highest BCUT2D eigenvalue weighted by molar-refractivity contribution is 7.80. The SMILES string of the molecule is OC(CCS)C(O)c1cc(Cl)c(Cl)cc1Cl. The van der Waals surface area contributed by atoms with Crippen molar-refractivity contribution < 1.29 is 10.2 Å². The molecule has 2 atom stereocenters. The molecule has 0 fully saturated rings. The molecule has 0 saturated carbocycles. The standard InChI is InChI=1S/C10H11Cl3O2S/c11-6-4-8(13)7(12)3-5(6)10(15)9(14)1-2-16/h3-4,9-10,14-16H,1-2H2. The smallest absolute Gasteiger partial charge is 0.106 e. The first-order chi connectivity index (χ1) is 7.47. The van der Waals surface area contributed by atoms with E-state index in [2.05, 4.69) is 12.6 Å². The molecule has 1 rings (SSSR count). The summed E-state index contributed by atoms with van der Waals surface area (Å²) >= 11 is 21.5. The lowest BCUT2D eigenvalue weighted by molar-refractivity contribution is 0.0173. The number of hydrogen-bond donors (Lipinski definition) is 3. The molecule has 0 saturated heterocycles. The Bertz CT molecular complexity index is 373. The van der Waals surface area contributed by atoms with Crippen LogP contribution in [-0.4, -0.2) is 22.1 Å². The molecule has 6 heteroatoms. The number of benzene rings is 1. The summed E-state index contributed by atoms with van der Waals surface area (Å²) in [4.78, 5) is 0. The summed E-state index contributed by atoms with van der Waals surface area (Å²) in [5.74, 6) is 0.469. The molecule has 0 aliphatic rings. The van der Waals surface area contributed by atoms with Crippen molar-refractivity contribution in [1.29, 1.82) is 0 Å². The Morgan fingerprint density at radius 1 is 1.06 bits per heavy atom. The monoisotopic (exact) mass is 300 g/mol. The van der Waals surface area contributed by atoms with E-state index in [1.54, 1.807) is 0 Å². The fraction of sp³-hybridized carbons (Fsp3) is 0.400. The first-order valence-electron chi connectivity index (χ1n) is 4.58. The Hall–Kier alpha value is 0.360. The molecule has 2 N–H and O–H groups in total. The van der Waals surface area contributed by atoms with E-state index < -0.39 is 12.2 Å². The lowest BCUT2D eigenvalue weighted by Gasteiger charge is -2.19. The highest BCUT2D eigenvalue weighted by Crippen LogP contribution is 2.33. The summed E-state index contributed by atoms with van der Waals surface area (Å²) < 4.78 is 0. The highest BCUT2D eigenvalue weighted by atomic mass is 35.5. The van der Waals surface area contributed by atoms with E-state index in [1.807, 2.05) is 0 Å². The van der Waals surface area contributed by atoms with Gasteiger partial charge in [-0.2, -0.15) is 12.6 Å². The van der Waals surface area contributed by atoms with Crippen molar-refractivity contribution in [2.45, 2.75) is 18.6 Å². The van der Waals surface area contributed by atoms with Gasteiger partial charge in [0, 0.05) is 10.6 Å². The Balaban J connectivity index is 2.99. The van der Waals surface area contributed by atoms with Gasteiger partial charge in [-0.1, -0.05) is 34.8 Å². The quantitative estimate of drug-likeness (QED) is 0.589. The van der Waals surface area contributed by atoms with E-state index in [-0.39, 0.29) is 10.0 Å². The fourth-order valence-corrected chi connectivity index (χ4v) is 2.19. The summed E-state index contributed by atoms with van der Waals surface area (Å²) in [5, 5.41) is 20.3. The molecule has 0 bridgehead atoms. The fourth-order valence-electron chi connectivity index (χ4n) is 1.26. The molecule has 90 valence electrons. The molecular formula is C10H11Cl3O2S. The largest absolute Gasteiger partial charge is 0.390 e. The maximum atomic E-state index is 9.85. The van der Waals surface area contributed by atoms with Gasteiger partial charge in [0.05, 0.1) is 16.1 Å². The second kappa shape index (κ2) is 6.34. The van der Waals surface area contributed by atoms with Gasteiger partial charge in [-0.15, -0.1) is 0 Å². The minimum Gasteiger partial charge on any atom is -0.390 e. The highest BCUT2D eigenvalue weighted by Gasteiger charge is 2.21. The minimum absolute atomic E-state index is 0.278. The van der Waals surface area contributed by atoms with Gasteiger partial charge >= 0.3 is 0 Å². The van der Waals surface area contributed by atoms with Crippen molar-refractivity contribution in [1.82, 2.24) is 0 Å². The third-order valence-corrected chi connectivity index (χ3v) is 3.46. The Morgan fingerprint density at radius 3 is 2.19 bits per heavy atom. The Labute approximate surface area is 115 Å². The number of thiol groups is 1. The summed E-state index contributed by atoms with van der Waals surface area (Å²) in [6.45, 7) is 0. The van der Waals surface area contributed by atoms with E-state index >= 15 is 0 Å². The molecule has 2 nitrogen and oxygen atoms in total. The van der Waals surface area contributed by atoms with Crippen LogP contribution in [0.2, 0.25) is 15.1 Å². The van der Waals surface area contributed by atoms with Gasteiger partial charge < -0.3 is 10.2 Å². The molecule has 0 aliphatic heterocycles. The van der Waals surface area contributed by atoms with Crippen LogP contribution in [0.25, 0.3) is 0 Å². The van der Waals surface area contributed by atoms with E-state index in [0.717, 1.165) is 0 Å². The van der Waals surface area contributed by atoms with Crippen molar-refractivity contribution in [3.8, 4) is 0 Å². The number of hydrogen-bond acceptors (Lipinski definition) is 3. The summed E-state index contributed by atoms with van der Waals surface area (Å²) in [5.41, 5.74) is 0.366. The molecule has 0 aliphatic carbocycles. The van der Waals surface area contributed by atoms with Gasteiger partial charge in [-0.05, 0) is 24.3 Å². The number of aliphatic hydroxyl groups is 2. The molecule has 0 aromatic heterocycles. The van der Waals surface area contributed by atoms with Crippen LogP contribution < -0.4 is 0 Å². The Morgan fingerprint density at radius 2 is 1.62 bits per heavy atom. The van der Waals surface area contributed by atoms with E-state index in [4.69, 9.17) is 34.8 Å². The van der Waals surface area contributed by atoms with Crippen molar-refractivity contribution >= 4 is 47.4 Å². The summed E-state index contributed by atoms with van der Waals surface area (Å²) in [6, 6.07) is 2.90. The maximum Gasteiger partial charge on any atom is 0.106 e. The molecule has 1 aromatic rings. The van der Waals surface area contributed by atoms with Gasteiger partial charge in [-0.25, -0.2) is 0 Å². The second-order valence-electron chi connectivity index (χ2n) is 3.31. The number of rotatable bonds is 4. The van der Waals surface area contributed by atoms with Crippen LogP contribution in [0.1, 0.15) is 18.1 Å². The Kier molecular flexibility index (Phi) is 5.71. The number of halogens is 3. The van der Waals surface area contributed by atoms with Crippen LogP contribution in [-0.2, 0) is 0 Å². The molecule has 1 aromatic carbocycles. The third-order valence-electron chi connectivity index (χ3n) is 2.15. The average Bonchev–Trinajstić information content (AvgIpc) is 2.23. The predicted molar refractivity (Wildman–Crippen MR) is 70.9 cm³/mol. The van der Waals surface area contributed by atoms with Crippen LogP contribution in [0.5, 0.6) is 0 Å². The minimum atomic E-state index is -1.09. The van der Waals surface area contributed by atoms with Crippen molar-refractivity contribution in [3.05, 3.63) is 32.8 Å². The molecule has 0 radical (unpaired) electrons. The van der Waals surface area contributed by atoms with Gasteiger partial charge in [-0.3, -0.25) is 0 Å². The average molecular weight is 302 g/mol. The first kappa shape index (κ1) is 14.4. The van der Waals surface area contributed by atoms with Gasteiger partial charge in [0.1, 0.15) is 6.10 Å².